The van der Waals surface area contributed by atoms with Crippen molar-refractivity contribution in [3.63, 3.8) is 0 Å². The van der Waals surface area contributed by atoms with Crippen LogP contribution in [0.25, 0.3) is 99.5 Å². The molecule has 0 amide bonds. The van der Waals surface area contributed by atoms with E-state index < -0.39 is 0 Å². The first-order valence-electron chi connectivity index (χ1n) is 43.7. The molecule has 0 fully saturated rings. The molecule has 13 aromatic carbocycles. The van der Waals surface area contributed by atoms with Gasteiger partial charge in [0.15, 0.2) is 0 Å². The highest BCUT2D eigenvalue weighted by molar-refractivity contribution is 7.00. The summed E-state index contributed by atoms with van der Waals surface area (Å²) in [5.41, 5.74) is 37.6. The number of anilines is 6. The van der Waals surface area contributed by atoms with Gasteiger partial charge in [-0.05, 0) is 234 Å². The van der Waals surface area contributed by atoms with Crippen LogP contribution < -0.4 is 26.2 Å². The van der Waals surface area contributed by atoms with Gasteiger partial charge in [0.2, 0.25) is 0 Å². The second-order valence-corrected chi connectivity index (χ2v) is 44.0. The van der Waals surface area contributed by atoms with Crippen molar-refractivity contribution in [2.45, 2.75) is 236 Å². The normalized spacial score (nSPS) is 13.8. The Labute approximate surface area is 711 Å². The molecule has 4 nitrogen and oxygen atoms in total. The predicted molar refractivity (Wildman–Crippen MR) is 519 cm³/mol. The Morgan fingerprint density at radius 3 is 0.882 bits per heavy atom. The van der Waals surface area contributed by atoms with Gasteiger partial charge < -0.3 is 18.9 Å². The van der Waals surface area contributed by atoms with Gasteiger partial charge in [-0.2, -0.15) is 0 Å². The first-order chi connectivity index (χ1) is 55.7. The molecule has 2 aliphatic rings. The van der Waals surface area contributed by atoms with Crippen molar-refractivity contribution in [2.75, 3.05) is 9.80 Å². The van der Waals surface area contributed by atoms with Crippen molar-refractivity contribution in [3.8, 4) is 55.9 Å². The average molecular weight is 1560 g/mol. The van der Waals surface area contributed by atoms with Gasteiger partial charge in [0, 0.05) is 66.8 Å². The molecule has 0 saturated carbocycles. The van der Waals surface area contributed by atoms with E-state index in [4.69, 9.17) is 0 Å². The van der Waals surface area contributed by atoms with E-state index in [0.29, 0.717) is 0 Å². The summed E-state index contributed by atoms with van der Waals surface area (Å²) < 4.78 is 5.13. The fourth-order valence-corrected chi connectivity index (χ4v) is 19.4. The molecule has 0 atom stereocenters. The molecule has 0 bridgehead atoms. The number of benzene rings is 13. The van der Waals surface area contributed by atoms with Crippen LogP contribution >= 0.6 is 0 Å². The molecule has 15 aromatic rings. The quantitative estimate of drug-likeness (QED) is 0.141. The summed E-state index contributed by atoms with van der Waals surface area (Å²) in [7, 11) is 0. The van der Waals surface area contributed by atoms with Crippen LogP contribution in [0.2, 0.25) is 0 Å². The summed E-state index contributed by atoms with van der Waals surface area (Å²) in [5.74, 6) is 0. The summed E-state index contributed by atoms with van der Waals surface area (Å²) in [6.45, 7) is 63.8. The van der Waals surface area contributed by atoms with Gasteiger partial charge >= 0.3 is 0 Å². The van der Waals surface area contributed by atoms with Crippen molar-refractivity contribution in [1.29, 1.82) is 0 Å². The molecule has 5 heteroatoms. The van der Waals surface area contributed by atoms with Gasteiger partial charge in [0.25, 0.3) is 6.71 Å². The zero-order chi connectivity index (χ0) is 84.9. The van der Waals surface area contributed by atoms with Crippen LogP contribution in [0.3, 0.4) is 0 Å². The van der Waals surface area contributed by atoms with Crippen LogP contribution in [-0.4, -0.2) is 15.8 Å². The molecule has 4 heterocycles. The highest BCUT2D eigenvalue weighted by Gasteiger charge is 2.47. The monoisotopic (exact) mass is 1560 g/mol. The summed E-state index contributed by atoms with van der Waals surface area (Å²) >= 11 is 0. The maximum atomic E-state index is 2.78. The molecule has 2 aromatic heterocycles. The second kappa shape index (κ2) is 27.9. The minimum atomic E-state index is -0.358. The van der Waals surface area contributed by atoms with E-state index in [9.17, 15) is 0 Å². The van der Waals surface area contributed by atoms with Gasteiger partial charge in [-0.25, -0.2) is 0 Å². The predicted octanol–water partition coefficient (Wildman–Crippen LogP) is 30.3. The standard InChI is InChI=1S/C114H123BN4/c1-106(2,3)72-46-54-91(113(22,23)24)85(62-72)70-44-52-83(79-36-28-32-40-89(79)111(16,17)18)99(60-70)118-101-68-77(116-95-42-34-30-38-81(95)87-64-74(108(7,8)9)48-58-97(87)116)50-56-93(101)115-94-57-51-78(117-96-43-35-31-39-82(96)88-65-75(109(10,11)12)49-59-98(88)117)69-102(94)119(104-67-76(110(13,14)15)66-103(118)105(104)115)100-61-71(45-53-84(100)80-37-29-33-41-90(80)112(19,20)21)86-63-73(107(4,5)6)47-55-92(86)114(25,26)27/h28-69H,1-27H3. The number of nitrogens with zero attached hydrogens (tertiary/aromatic N) is 4. The van der Waals surface area contributed by atoms with E-state index in [1.807, 2.05) is 0 Å². The maximum Gasteiger partial charge on any atom is 0.252 e. The van der Waals surface area contributed by atoms with E-state index in [0.717, 1.165) is 34.1 Å². The summed E-state index contributed by atoms with van der Waals surface area (Å²) in [6.07, 6.45) is 0. The van der Waals surface area contributed by atoms with Crippen LogP contribution in [0.1, 0.15) is 237 Å². The van der Waals surface area contributed by atoms with Gasteiger partial charge in [0.05, 0.1) is 33.4 Å². The lowest BCUT2D eigenvalue weighted by Crippen LogP contribution is -2.61. The van der Waals surface area contributed by atoms with Gasteiger partial charge in [0.1, 0.15) is 0 Å². The Bertz CT molecular complexity index is 6220. The molecule has 0 saturated heterocycles. The highest BCUT2D eigenvalue weighted by Crippen LogP contribution is 2.55. The van der Waals surface area contributed by atoms with Crippen molar-refractivity contribution >= 4 is 101 Å². The molecule has 0 unspecified atom stereocenters. The second-order valence-electron chi connectivity index (χ2n) is 44.0. The molecule has 0 N–H and O–H groups in total. The largest absolute Gasteiger partial charge is 0.311 e. The van der Waals surface area contributed by atoms with Crippen molar-refractivity contribution in [3.05, 3.63) is 305 Å². The highest BCUT2D eigenvalue weighted by atomic mass is 15.2. The topological polar surface area (TPSA) is 16.3 Å². The summed E-state index contributed by atoms with van der Waals surface area (Å²) in [4.78, 5) is 5.55. The molecule has 0 aliphatic carbocycles. The fraction of sp³-hybridized carbons (Fsp3) is 0.316. The van der Waals surface area contributed by atoms with Crippen LogP contribution in [0, 0.1) is 0 Å². The molecule has 0 radical (unpaired) electrons. The van der Waals surface area contributed by atoms with Crippen molar-refractivity contribution in [2.24, 2.45) is 0 Å². The Morgan fingerprint density at radius 2 is 0.521 bits per heavy atom. The smallest absolute Gasteiger partial charge is 0.252 e. The molecule has 602 valence electrons. The van der Waals surface area contributed by atoms with Crippen LogP contribution in [0.4, 0.5) is 34.1 Å². The SMILES string of the molecule is CC(C)(C)c1ccc(C(C)(C)C)c(-c2ccc(-c3ccccc3C(C)(C)C)c(N3c4cc(-n5c6ccccc6c6cc(C(C)(C)C)ccc65)ccc4B4c5ccc(-n6c7ccccc7c7cc(C(C)(C)C)ccc76)cc5N(c5cc(-c6cc(C(C)(C)C)ccc6C(C)(C)C)ccc5-c5ccccc5C(C)(C)C)c5cc(C(C)(C)C)cc3c54)c2)c1. The lowest BCUT2D eigenvalue weighted by atomic mass is 9.33. The number of para-hydroxylation sites is 2. The zero-order valence-corrected chi connectivity index (χ0v) is 76.1. The van der Waals surface area contributed by atoms with Gasteiger partial charge in [-0.15, -0.1) is 0 Å². The minimum absolute atomic E-state index is 0.0528. The van der Waals surface area contributed by atoms with Crippen LogP contribution in [-0.2, 0) is 48.7 Å². The first kappa shape index (κ1) is 80.5. The molecule has 0 spiro atoms. The van der Waals surface area contributed by atoms with Gasteiger partial charge in [-0.3, -0.25) is 0 Å². The third-order valence-electron chi connectivity index (χ3n) is 26.0. The zero-order valence-electron chi connectivity index (χ0n) is 76.1. The maximum absolute atomic E-state index is 2.78. The number of aromatic nitrogens is 2. The molecule has 2 aliphatic heterocycles. The van der Waals surface area contributed by atoms with E-state index in [2.05, 4.69) is 461 Å². The summed E-state index contributed by atoms with van der Waals surface area (Å²) in [6, 6.07) is 101. The first-order valence-corrected chi connectivity index (χ1v) is 43.7. The Kier molecular flexibility index (Phi) is 18.9. The van der Waals surface area contributed by atoms with Crippen LogP contribution in [0.5, 0.6) is 0 Å². The fourth-order valence-electron chi connectivity index (χ4n) is 19.4. The third kappa shape index (κ3) is 14.0. The Balaban J connectivity index is 1.07. The Morgan fingerprint density at radius 1 is 0.202 bits per heavy atom. The third-order valence-corrected chi connectivity index (χ3v) is 26.0. The molecule has 17 rings (SSSR count). The average Bonchev–Trinajstić information content (AvgIpc) is 0.984. The van der Waals surface area contributed by atoms with E-state index in [1.165, 1.54) is 166 Å². The number of fused-ring (bicyclic) bond motifs is 10. The van der Waals surface area contributed by atoms with Crippen LogP contribution in [0.15, 0.2) is 255 Å². The lowest BCUT2D eigenvalue weighted by molar-refractivity contribution is 0.578. The summed E-state index contributed by atoms with van der Waals surface area (Å²) in [5, 5.41) is 5.00. The molecule has 119 heavy (non-hydrogen) atoms. The van der Waals surface area contributed by atoms with Gasteiger partial charge in [-0.1, -0.05) is 357 Å². The Hall–Kier alpha value is -10.9. The van der Waals surface area contributed by atoms with E-state index >= 15 is 0 Å². The number of rotatable bonds is 8. The van der Waals surface area contributed by atoms with Crippen molar-refractivity contribution in [1.82, 2.24) is 9.13 Å². The number of hydrogen-bond acceptors (Lipinski definition) is 2. The lowest BCUT2D eigenvalue weighted by Gasteiger charge is -2.46. The molecular weight excluding hydrogens is 1440 g/mol. The minimum Gasteiger partial charge on any atom is -0.311 e. The van der Waals surface area contributed by atoms with Crippen molar-refractivity contribution < 1.29 is 0 Å². The van der Waals surface area contributed by atoms with E-state index in [1.54, 1.807) is 0 Å². The molecular formula is C114H123BN4. The van der Waals surface area contributed by atoms with E-state index in [-0.39, 0.29) is 55.4 Å². The number of hydrogen-bond donors (Lipinski definition) is 0.